The highest BCUT2D eigenvalue weighted by Crippen LogP contribution is 2.44. The van der Waals surface area contributed by atoms with Gasteiger partial charge in [-0.25, -0.2) is 0 Å². The Morgan fingerprint density at radius 2 is 1.26 bits per heavy atom. The number of alkyl halides is 2. The molecule has 0 aliphatic carbocycles. The summed E-state index contributed by atoms with van der Waals surface area (Å²) in [4.78, 5) is 64.0. The van der Waals surface area contributed by atoms with Gasteiger partial charge in [0.05, 0.1) is 30.6 Å². The fraction of sp³-hybridized carbons (Fsp3) is 0.696. The van der Waals surface area contributed by atoms with Crippen molar-refractivity contribution in [2.24, 2.45) is 17.3 Å². The Hall–Kier alpha value is -1.79. The topological polar surface area (TPSA) is 126 Å². The molecule has 2 bridgehead atoms. The molecule has 3 aliphatic heterocycles. The largest absolute Gasteiger partial charge is 0.463 e. The van der Waals surface area contributed by atoms with Gasteiger partial charge >= 0.3 is 17.9 Å². The number of carbonyl (C=O) groups excluding carboxylic acids is 5. The van der Waals surface area contributed by atoms with Crippen molar-refractivity contribution in [3.8, 4) is 0 Å². The third-order valence-corrected chi connectivity index (χ3v) is 6.70. The molecule has 3 aliphatic rings. The molecular weight excluding hydrogens is 594 g/mol. The van der Waals surface area contributed by atoms with Crippen LogP contribution in [0.5, 0.6) is 0 Å². The number of ether oxygens (including phenoxy) is 4. The van der Waals surface area contributed by atoms with Crippen molar-refractivity contribution in [2.45, 2.75) is 55.5 Å². The Labute approximate surface area is 220 Å². The summed E-state index contributed by atoms with van der Waals surface area (Å²) in [5.41, 5.74) is -1.52. The standard InChI is InChI=1S/C23H29Br2NO9/c1-21(2,24)18(29)33-10-23(5,11-34-19(30)22(3,4)25)20(31)32-9-8-26-16(27)14-12-6-7-13(35-12)15(14)17(26)28/h6-7,12-15H,8-11H2,1-5H3/t12?,13?,14-,15?/m1/s1. The number of nitrogens with zero attached hydrogens (tertiary/aromatic N) is 1. The van der Waals surface area contributed by atoms with E-state index in [-0.39, 0.29) is 25.0 Å². The molecule has 3 rings (SSSR count). The molecule has 3 heterocycles. The molecular formula is C23H29Br2NO9. The van der Waals surface area contributed by atoms with Crippen molar-refractivity contribution in [2.75, 3.05) is 26.4 Å². The zero-order valence-electron chi connectivity index (χ0n) is 20.2. The number of rotatable bonds is 10. The molecule has 10 nitrogen and oxygen atoms in total. The SMILES string of the molecule is CC(C)(Br)C(=O)OCC(C)(COC(=O)C(C)(C)Br)C(=O)OCCN1C(=O)C2C3C=CC(O3)[C@H]2C1=O. The molecule has 0 saturated carbocycles. The first-order valence-corrected chi connectivity index (χ1v) is 12.7. The van der Waals surface area contributed by atoms with Gasteiger partial charge in [-0.15, -0.1) is 0 Å². The fourth-order valence-electron chi connectivity index (χ4n) is 3.94. The summed E-state index contributed by atoms with van der Waals surface area (Å²) in [5, 5.41) is 0. The Morgan fingerprint density at radius 3 is 1.66 bits per heavy atom. The maximum absolute atomic E-state index is 13.0. The summed E-state index contributed by atoms with van der Waals surface area (Å²) in [7, 11) is 0. The van der Waals surface area contributed by atoms with Gasteiger partial charge < -0.3 is 18.9 Å². The minimum atomic E-state index is -1.52. The molecule has 2 amide bonds. The molecule has 2 fully saturated rings. The number of halogens is 2. The number of carbonyl (C=O) groups is 5. The Morgan fingerprint density at radius 1 is 0.829 bits per heavy atom. The van der Waals surface area contributed by atoms with Gasteiger partial charge in [-0.2, -0.15) is 0 Å². The second-order valence-corrected chi connectivity index (χ2v) is 14.1. The third kappa shape index (κ3) is 5.80. The predicted molar refractivity (Wildman–Crippen MR) is 128 cm³/mol. The third-order valence-electron chi connectivity index (χ3n) is 6.06. The number of hydrogen-bond donors (Lipinski definition) is 0. The maximum atomic E-state index is 13.0. The van der Waals surface area contributed by atoms with Gasteiger partial charge in [-0.1, -0.05) is 44.0 Å². The summed E-state index contributed by atoms with van der Waals surface area (Å²) >= 11 is 6.39. The van der Waals surface area contributed by atoms with E-state index in [2.05, 4.69) is 31.9 Å². The van der Waals surface area contributed by atoms with Crippen molar-refractivity contribution >= 4 is 61.6 Å². The molecule has 194 valence electrons. The van der Waals surface area contributed by atoms with Crippen LogP contribution in [-0.2, 0) is 42.9 Å². The van der Waals surface area contributed by atoms with Gasteiger partial charge in [0, 0.05) is 0 Å². The van der Waals surface area contributed by atoms with Crippen molar-refractivity contribution < 1.29 is 42.9 Å². The highest BCUT2D eigenvalue weighted by Gasteiger charge is 2.60. The average Bonchev–Trinajstić information content (AvgIpc) is 3.44. The Bertz CT molecular complexity index is 890. The minimum Gasteiger partial charge on any atom is -0.463 e. The summed E-state index contributed by atoms with van der Waals surface area (Å²) in [6, 6.07) is 0. The molecule has 3 unspecified atom stereocenters. The van der Waals surface area contributed by atoms with E-state index in [0.717, 1.165) is 4.90 Å². The summed E-state index contributed by atoms with van der Waals surface area (Å²) in [5.74, 6) is -3.82. The second-order valence-electron chi connectivity index (χ2n) is 10.1. The first kappa shape index (κ1) is 27.8. The molecule has 0 aromatic rings. The zero-order chi connectivity index (χ0) is 26.3. The maximum Gasteiger partial charge on any atom is 0.322 e. The normalized spacial score (nSPS) is 25.6. The van der Waals surface area contributed by atoms with E-state index in [4.69, 9.17) is 18.9 Å². The Balaban J connectivity index is 1.61. The van der Waals surface area contributed by atoms with E-state index in [1.165, 1.54) is 6.92 Å². The van der Waals surface area contributed by atoms with Gasteiger partial charge in [0.2, 0.25) is 11.8 Å². The lowest BCUT2D eigenvalue weighted by Gasteiger charge is -2.29. The lowest BCUT2D eigenvalue weighted by molar-refractivity contribution is -0.172. The van der Waals surface area contributed by atoms with Crippen LogP contribution in [0.4, 0.5) is 0 Å². The van der Waals surface area contributed by atoms with Crippen LogP contribution in [0.15, 0.2) is 12.2 Å². The molecule has 4 atom stereocenters. The molecule has 0 N–H and O–H groups in total. The van der Waals surface area contributed by atoms with Crippen LogP contribution in [0, 0.1) is 17.3 Å². The van der Waals surface area contributed by atoms with Crippen LogP contribution in [-0.4, -0.2) is 81.8 Å². The van der Waals surface area contributed by atoms with Gasteiger partial charge in [-0.05, 0) is 34.6 Å². The second kappa shape index (κ2) is 9.93. The highest BCUT2D eigenvalue weighted by molar-refractivity contribution is 9.10. The van der Waals surface area contributed by atoms with Gasteiger partial charge in [0.15, 0.2) is 0 Å². The van der Waals surface area contributed by atoms with Crippen LogP contribution >= 0.6 is 31.9 Å². The molecule has 2 saturated heterocycles. The van der Waals surface area contributed by atoms with Crippen LogP contribution in [0.1, 0.15) is 34.6 Å². The first-order chi connectivity index (χ1) is 16.1. The smallest absolute Gasteiger partial charge is 0.322 e. The Kier molecular flexibility index (Phi) is 7.88. The van der Waals surface area contributed by atoms with E-state index in [1.807, 2.05) is 0 Å². The lowest BCUT2D eigenvalue weighted by atomic mass is 9.85. The van der Waals surface area contributed by atoms with E-state index >= 15 is 0 Å². The average molecular weight is 623 g/mol. The lowest BCUT2D eigenvalue weighted by Crippen LogP contribution is -2.44. The summed E-state index contributed by atoms with van der Waals surface area (Å²) in [6.45, 7) is 6.60. The first-order valence-electron chi connectivity index (χ1n) is 11.1. The van der Waals surface area contributed by atoms with Crippen LogP contribution in [0.2, 0.25) is 0 Å². The van der Waals surface area contributed by atoms with Crippen molar-refractivity contribution in [3.63, 3.8) is 0 Å². The molecule has 0 spiro atoms. The predicted octanol–water partition coefficient (Wildman–Crippen LogP) is 1.91. The van der Waals surface area contributed by atoms with E-state index in [9.17, 15) is 24.0 Å². The number of amides is 2. The number of likely N-dealkylation sites (tertiary alicyclic amines) is 1. The zero-order valence-corrected chi connectivity index (χ0v) is 23.3. The minimum absolute atomic E-state index is 0.117. The summed E-state index contributed by atoms with van der Waals surface area (Å²) < 4.78 is 19.5. The molecule has 0 aromatic carbocycles. The van der Waals surface area contributed by atoms with Crippen LogP contribution in [0.25, 0.3) is 0 Å². The fourth-order valence-corrected chi connectivity index (χ4v) is 4.17. The van der Waals surface area contributed by atoms with Crippen molar-refractivity contribution in [3.05, 3.63) is 12.2 Å². The van der Waals surface area contributed by atoms with Gasteiger partial charge in [0.1, 0.15) is 33.9 Å². The number of esters is 3. The molecule has 0 radical (unpaired) electrons. The quantitative estimate of drug-likeness (QED) is 0.118. The van der Waals surface area contributed by atoms with E-state index < -0.39 is 69.2 Å². The molecule has 35 heavy (non-hydrogen) atoms. The van der Waals surface area contributed by atoms with E-state index in [0.29, 0.717) is 0 Å². The van der Waals surface area contributed by atoms with Crippen molar-refractivity contribution in [1.29, 1.82) is 0 Å². The number of imide groups is 1. The summed E-state index contributed by atoms with van der Waals surface area (Å²) in [6.07, 6.45) is 2.77. The van der Waals surface area contributed by atoms with E-state index in [1.54, 1.807) is 39.8 Å². The molecule has 12 heteroatoms. The number of fused-ring (bicyclic) bond motifs is 5. The highest BCUT2D eigenvalue weighted by atomic mass is 79.9. The van der Waals surface area contributed by atoms with Gasteiger partial charge in [0.25, 0.3) is 0 Å². The van der Waals surface area contributed by atoms with Crippen molar-refractivity contribution in [1.82, 2.24) is 4.90 Å². The van der Waals surface area contributed by atoms with Crippen LogP contribution < -0.4 is 0 Å². The van der Waals surface area contributed by atoms with Crippen LogP contribution in [0.3, 0.4) is 0 Å². The van der Waals surface area contributed by atoms with Gasteiger partial charge in [-0.3, -0.25) is 28.9 Å². The monoisotopic (exact) mass is 621 g/mol. The molecule has 0 aromatic heterocycles. The number of hydrogen-bond acceptors (Lipinski definition) is 9.